The molecule has 0 saturated carbocycles. The Morgan fingerprint density at radius 1 is 1.62 bits per heavy atom. The van der Waals surface area contributed by atoms with E-state index in [2.05, 4.69) is 0 Å². The minimum absolute atomic E-state index is 0.0547. The predicted octanol–water partition coefficient (Wildman–Crippen LogP) is 1.70. The van der Waals surface area contributed by atoms with Gasteiger partial charge in [0.1, 0.15) is 0 Å². The molecular weight excluding hydrogens is 213 g/mol. The summed E-state index contributed by atoms with van der Waals surface area (Å²) in [4.78, 5) is 10.4. The van der Waals surface area contributed by atoms with Gasteiger partial charge in [-0.3, -0.25) is 4.79 Å². The summed E-state index contributed by atoms with van der Waals surface area (Å²) in [5.74, 6) is -1.34. The molecule has 16 heavy (non-hydrogen) atoms. The summed E-state index contributed by atoms with van der Waals surface area (Å²) in [6, 6.07) is 3.89. The molecule has 0 aliphatic rings. The molecule has 0 bridgehead atoms. The van der Waals surface area contributed by atoms with Gasteiger partial charge in [0.25, 0.3) is 0 Å². The first kappa shape index (κ1) is 12.4. The number of methoxy groups -OCH3 is 1. The van der Waals surface area contributed by atoms with Crippen molar-refractivity contribution in [3.63, 3.8) is 0 Å². The highest BCUT2D eigenvalue weighted by Gasteiger charge is 2.16. The largest absolute Gasteiger partial charge is 0.493 e. The Kier molecular flexibility index (Phi) is 4.25. The van der Waals surface area contributed by atoms with Gasteiger partial charge in [0.05, 0.1) is 7.11 Å². The molecule has 5 heteroatoms. The number of rotatable bonds is 5. The smallest absolute Gasteiger partial charge is 0.303 e. The van der Waals surface area contributed by atoms with Crippen molar-refractivity contribution in [2.24, 2.45) is 5.73 Å². The molecule has 3 N–H and O–H groups in total. The topological polar surface area (TPSA) is 72.5 Å². The zero-order valence-electron chi connectivity index (χ0n) is 8.94. The summed E-state index contributed by atoms with van der Waals surface area (Å²) in [6.45, 7) is 0. The van der Waals surface area contributed by atoms with E-state index in [9.17, 15) is 9.18 Å². The van der Waals surface area contributed by atoms with Gasteiger partial charge >= 0.3 is 5.97 Å². The first-order chi connectivity index (χ1) is 7.56. The number of carboxylic acid groups (broad SMARTS) is 1. The Labute approximate surface area is 92.8 Å². The average Bonchev–Trinajstić information content (AvgIpc) is 2.25. The molecule has 0 radical (unpaired) electrons. The Morgan fingerprint density at radius 2 is 2.31 bits per heavy atom. The van der Waals surface area contributed by atoms with Crippen LogP contribution in [-0.2, 0) is 4.79 Å². The number of carboxylic acids is 1. The fourth-order valence-corrected chi connectivity index (χ4v) is 1.47. The maximum atomic E-state index is 13.3. The lowest BCUT2D eigenvalue weighted by Gasteiger charge is -2.15. The fraction of sp³-hybridized carbons (Fsp3) is 0.364. The van der Waals surface area contributed by atoms with E-state index in [0.29, 0.717) is 5.56 Å². The quantitative estimate of drug-likeness (QED) is 0.803. The van der Waals surface area contributed by atoms with Crippen molar-refractivity contribution in [3.05, 3.63) is 29.6 Å². The maximum Gasteiger partial charge on any atom is 0.303 e. The van der Waals surface area contributed by atoms with Crippen molar-refractivity contribution in [3.8, 4) is 5.75 Å². The predicted molar refractivity (Wildman–Crippen MR) is 56.8 cm³/mol. The van der Waals surface area contributed by atoms with Crippen LogP contribution >= 0.6 is 0 Å². The van der Waals surface area contributed by atoms with Crippen LogP contribution in [0.15, 0.2) is 18.2 Å². The first-order valence-electron chi connectivity index (χ1n) is 4.86. The number of carbonyl (C=O) groups is 1. The summed E-state index contributed by atoms with van der Waals surface area (Å²) < 4.78 is 18.2. The summed E-state index contributed by atoms with van der Waals surface area (Å²) in [7, 11) is 1.35. The molecular formula is C11H14FNO3. The van der Waals surface area contributed by atoms with E-state index in [1.54, 1.807) is 6.07 Å². The highest BCUT2D eigenvalue weighted by Crippen LogP contribution is 2.28. The molecule has 1 aromatic rings. The van der Waals surface area contributed by atoms with Gasteiger partial charge in [-0.2, -0.15) is 0 Å². The van der Waals surface area contributed by atoms with Crippen molar-refractivity contribution in [1.29, 1.82) is 0 Å². The second kappa shape index (κ2) is 5.46. The lowest BCUT2D eigenvalue weighted by molar-refractivity contribution is -0.137. The zero-order valence-corrected chi connectivity index (χ0v) is 8.94. The molecule has 1 unspecified atom stereocenters. The Balaban J connectivity index is 2.85. The van der Waals surface area contributed by atoms with Crippen LogP contribution in [0.2, 0.25) is 0 Å². The zero-order chi connectivity index (χ0) is 12.1. The van der Waals surface area contributed by atoms with E-state index in [1.165, 1.54) is 19.2 Å². The van der Waals surface area contributed by atoms with Crippen molar-refractivity contribution in [2.75, 3.05) is 7.11 Å². The Morgan fingerprint density at radius 3 is 2.88 bits per heavy atom. The molecule has 0 aliphatic heterocycles. The van der Waals surface area contributed by atoms with Crippen molar-refractivity contribution in [1.82, 2.24) is 0 Å². The molecule has 0 aliphatic carbocycles. The number of hydrogen-bond acceptors (Lipinski definition) is 3. The van der Waals surface area contributed by atoms with E-state index in [1.807, 2.05) is 0 Å². The van der Waals surface area contributed by atoms with Crippen LogP contribution < -0.4 is 10.5 Å². The molecule has 0 saturated heterocycles. The third-order valence-corrected chi connectivity index (χ3v) is 2.27. The second-order valence-corrected chi connectivity index (χ2v) is 3.40. The number of aliphatic carboxylic acids is 1. The van der Waals surface area contributed by atoms with Crippen molar-refractivity contribution >= 4 is 5.97 Å². The van der Waals surface area contributed by atoms with Gasteiger partial charge in [-0.1, -0.05) is 12.1 Å². The highest BCUT2D eigenvalue weighted by atomic mass is 19.1. The molecule has 0 fully saturated rings. The first-order valence-corrected chi connectivity index (χ1v) is 4.86. The summed E-state index contributed by atoms with van der Waals surface area (Å²) in [5, 5.41) is 8.53. The molecule has 1 atom stereocenters. The Hall–Kier alpha value is -1.62. The van der Waals surface area contributed by atoms with Crippen molar-refractivity contribution < 1.29 is 19.0 Å². The minimum Gasteiger partial charge on any atom is -0.493 e. The third-order valence-electron chi connectivity index (χ3n) is 2.27. The van der Waals surface area contributed by atoms with E-state index < -0.39 is 17.8 Å². The minimum atomic E-state index is -0.925. The SMILES string of the molecule is COc1c(F)cccc1C(N)CCC(=O)O. The van der Waals surface area contributed by atoms with E-state index >= 15 is 0 Å². The second-order valence-electron chi connectivity index (χ2n) is 3.40. The van der Waals surface area contributed by atoms with Gasteiger partial charge in [0, 0.05) is 18.0 Å². The van der Waals surface area contributed by atoms with Crippen LogP contribution in [-0.4, -0.2) is 18.2 Å². The van der Waals surface area contributed by atoms with Crippen LogP contribution in [0.3, 0.4) is 0 Å². The standard InChI is InChI=1S/C11H14FNO3/c1-16-11-7(3-2-4-8(11)12)9(13)5-6-10(14)15/h2-4,9H,5-6,13H2,1H3,(H,14,15). The maximum absolute atomic E-state index is 13.3. The molecule has 4 nitrogen and oxygen atoms in total. The van der Waals surface area contributed by atoms with E-state index in [-0.39, 0.29) is 18.6 Å². The van der Waals surface area contributed by atoms with Crippen LogP contribution in [0, 0.1) is 5.82 Å². The number of ether oxygens (including phenoxy) is 1. The molecule has 1 rings (SSSR count). The van der Waals surface area contributed by atoms with Crippen LogP contribution in [0.4, 0.5) is 4.39 Å². The van der Waals surface area contributed by atoms with E-state index in [0.717, 1.165) is 0 Å². The number of halogens is 1. The lowest BCUT2D eigenvalue weighted by atomic mass is 10.0. The highest BCUT2D eigenvalue weighted by molar-refractivity contribution is 5.66. The van der Waals surface area contributed by atoms with Crippen LogP contribution in [0.25, 0.3) is 0 Å². The summed E-state index contributed by atoms with van der Waals surface area (Å²) >= 11 is 0. The molecule has 0 spiro atoms. The summed E-state index contributed by atoms with van der Waals surface area (Å²) in [5.41, 5.74) is 6.27. The number of benzene rings is 1. The van der Waals surface area contributed by atoms with Gasteiger partial charge in [-0.25, -0.2) is 4.39 Å². The van der Waals surface area contributed by atoms with Crippen molar-refractivity contribution in [2.45, 2.75) is 18.9 Å². The van der Waals surface area contributed by atoms with Crippen LogP contribution in [0.5, 0.6) is 5.75 Å². The molecule has 0 heterocycles. The average molecular weight is 227 g/mol. The molecule has 0 amide bonds. The van der Waals surface area contributed by atoms with Gasteiger partial charge < -0.3 is 15.6 Å². The Bertz CT molecular complexity index is 381. The van der Waals surface area contributed by atoms with E-state index in [4.69, 9.17) is 15.6 Å². The monoisotopic (exact) mass is 227 g/mol. The van der Waals surface area contributed by atoms with Gasteiger partial charge in [0.2, 0.25) is 0 Å². The lowest BCUT2D eigenvalue weighted by Crippen LogP contribution is -2.14. The number of hydrogen-bond donors (Lipinski definition) is 2. The van der Waals surface area contributed by atoms with Gasteiger partial charge in [0.15, 0.2) is 11.6 Å². The fourth-order valence-electron chi connectivity index (χ4n) is 1.47. The number of nitrogens with two attached hydrogens (primary N) is 1. The normalized spacial score (nSPS) is 12.2. The van der Waals surface area contributed by atoms with Gasteiger partial charge in [-0.05, 0) is 12.5 Å². The number of para-hydroxylation sites is 1. The van der Waals surface area contributed by atoms with Gasteiger partial charge in [-0.15, -0.1) is 0 Å². The van der Waals surface area contributed by atoms with Crippen LogP contribution in [0.1, 0.15) is 24.4 Å². The molecule has 0 aromatic heterocycles. The summed E-state index contributed by atoms with van der Waals surface area (Å²) in [6.07, 6.45) is 0.190. The molecule has 1 aromatic carbocycles. The third kappa shape index (κ3) is 2.93. The molecule has 88 valence electrons.